The molecule has 0 atom stereocenters. The van der Waals surface area contributed by atoms with Crippen LogP contribution in [0.25, 0.3) is 9.88 Å². The first-order chi connectivity index (χ1) is 15.1. The molecule has 0 spiro atoms. The Hall–Kier alpha value is -1.93. The quantitative estimate of drug-likeness (QED) is 0.511. The summed E-state index contributed by atoms with van der Waals surface area (Å²) in [7, 11) is 0. The van der Waals surface area contributed by atoms with Crippen LogP contribution in [-0.4, -0.2) is 48.5 Å². The Labute approximate surface area is 195 Å². The maximum atomic E-state index is 12.6. The number of anilines is 2. The highest BCUT2D eigenvalue weighted by Gasteiger charge is 2.26. The van der Waals surface area contributed by atoms with Gasteiger partial charge < -0.3 is 10.2 Å². The van der Waals surface area contributed by atoms with E-state index >= 15 is 0 Å². The van der Waals surface area contributed by atoms with Crippen molar-refractivity contribution >= 4 is 51.6 Å². The maximum Gasteiger partial charge on any atom is 0.230 e. The van der Waals surface area contributed by atoms with Crippen molar-refractivity contribution in [2.75, 3.05) is 42.9 Å². The first-order valence-corrected chi connectivity index (χ1v) is 12.8. The zero-order valence-electron chi connectivity index (χ0n) is 17.2. The minimum Gasteiger partial charge on any atom is -0.369 e. The van der Waals surface area contributed by atoms with Gasteiger partial charge in [0.1, 0.15) is 5.01 Å². The summed E-state index contributed by atoms with van der Waals surface area (Å²) in [5.41, 5.74) is 2.79. The lowest BCUT2D eigenvalue weighted by Gasteiger charge is -2.36. The summed E-state index contributed by atoms with van der Waals surface area (Å²) in [5, 5.41) is 5.89. The van der Waals surface area contributed by atoms with Gasteiger partial charge in [0, 0.05) is 49.5 Å². The Morgan fingerprint density at radius 3 is 2.74 bits per heavy atom. The van der Waals surface area contributed by atoms with Crippen molar-refractivity contribution < 1.29 is 4.79 Å². The monoisotopic (exact) mass is 472 g/mol. The van der Waals surface area contributed by atoms with Crippen LogP contribution < -0.4 is 10.2 Å². The number of piperazine rings is 1. The molecule has 5 nitrogen and oxygen atoms in total. The SMILES string of the molecule is O=C(Cc1csc(-c2ccc(Cl)s2)n1)Nc1cccc(N2CCN(CC3CC3)CC2)c1. The number of hydrogen-bond donors (Lipinski definition) is 1. The normalized spacial score (nSPS) is 17.1. The fraction of sp³-hybridized carbons (Fsp3) is 0.391. The minimum atomic E-state index is -0.0486. The Kier molecular flexibility index (Phi) is 6.27. The number of nitrogens with zero attached hydrogens (tertiary/aromatic N) is 3. The van der Waals surface area contributed by atoms with E-state index in [-0.39, 0.29) is 12.3 Å². The number of rotatable bonds is 7. The van der Waals surface area contributed by atoms with Gasteiger partial charge in [0.25, 0.3) is 0 Å². The highest BCUT2D eigenvalue weighted by atomic mass is 35.5. The fourth-order valence-electron chi connectivity index (χ4n) is 3.93. The molecule has 1 saturated carbocycles. The van der Waals surface area contributed by atoms with Crippen LogP contribution in [0.15, 0.2) is 41.8 Å². The molecule has 3 heterocycles. The summed E-state index contributed by atoms with van der Waals surface area (Å²) < 4.78 is 0.744. The van der Waals surface area contributed by atoms with Gasteiger partial charge in [-0.05, 0) is 49.1 Å². The van der Waals surface area contributed by atoms with Gasteiger partial charge in [-0.15, -0.1) is 22.7 Å². The number of carbonyl (C=O) groups is 1. The molecule has 1 aliphatic carbocycles. The number of amides is 1. The minimum absolute atomic E-state index is 0.0486. The van der Waals surface area contributed by atoms with Gasteiger partial charge in [0.05, 0.1) is 21.3 Å². The van der Waals surface area contributed by atoms with Gasteiger partial charge in [-0.2, -0.15) is 0 Å². The van der Waals surface area contributed by atoms with Crippen LogP contribution in [0.4, 0.5) is 11.4 Å². The van der Waals surface area contributed by atoms with Crippen LogP contribution in [0.1, 0.15) is 18.5 Å². The molecule has 1 saturated heterocycles. The average Bonchev–Trinajstić information content (AvgIpc) is 3.27. The number of carbonyl (C=O) groups excluding carboxylic acids is 1. The summed E-state index contributed by atoms with van der Waals surface area (Å²) in [6.45, 7) is 5.59. The van der Waals surface area contributed by atoms with Crippen LogP contribution in [0.2, 0.25) is 4.34 Å². The standard InChI is InChI=1S/C23H25ClN4OS2/c24-21-7-6-20(31-21)23-26-18(15-30-23)13-22(29)25-17-2-1-3-19(12-17)28-10-8-27(9-11-28)14-16-4-5-16/h1-3,6-7,12,15-16H,4-5,8-11,13-14H2,(H,25,29). The zero-order valence-corrected chi connectivity index (χ0v) is 19.6. The van der Waals surface area contributed by atoms with Crippen LogP contribution in [0.3, 0.4) is 0 Å². The molecule has 0 bridgehead atoms. The third-order valence-electron chi connectivity index (χ3n) is 5.76. The summed E-state index contributed by atoms with van der Waals surface area (Å²) in [6, 6.07) is 12.0. The molecule has 2 aromatic heterocycles. The predicted octanol–water partition coefficient (Wildman–Crippen LogP) is 5.24. The van der Waals surface area contributed by atoms with Crippen LogP contribution in [0.5, 0.6) is 0 Å². The second kappa shape index (κ2) is 9.28. The van der Waals surface area contributed by atoms with Gasteiger partial charge in [-0.1, -0.05) is 17.7 Å². The van der Waals surface area contributed by atoms with E-state index in [1.165, 1.54) is 36.4 Å². The second-order valence-corrected chi connectivity index (χ2v) is 10.8. The van der Waals surface area contributed by atoms with Gasteiger partial charge in [0.2, 0.25) is 5.91 Å². The third-order valence-corrected chi connectivity index (χ3v) is 8.05. The number of hydrogen-bond acceptors (Lipinski definition) is 6. The molecular formula is C23H25ClN4OS2. The highest BCUT2D eigenvalue weighted by molar-refractivity contribution is 7.23. The first-order valence-electron chi connectivity index (χ1n) is 10.7. The number of aromatic nitrogens is 1. The van der Waals surface area contributed by atoms with Crippen molar-refractivity contribution in [1.82, 2.24) is 9.88 Å². The number of thiophene rings is 1. The van der Waals surface area contributed by atoms with E-state index < -0.39 is 0 Å². The van der Waals surface area contributed by atoms with Crippen LogP contribution in [0, 0.1) is 5.92 Å². The topological polar surface area (TPSA) is 48.5 Å². The fourth-order valence-corrected chi connectivity index (χ4v) is 5.87. The lowest BCUT2D eigenvalue weighted by molar-refractivity contribution is -0.115. The molecule has 0 unspecified atom stereocenters. The number of nitrogens with one attached hydrogen (secondary N) is 1. The molecule has 5 rings (SSSR count). The first kappa shape index (κ1) is 20.9. The Balaban J connectivity index is 1.16. The predicted molar refractivity (Wildman–Crippen MR) is 131 cm³/mol. The van der Waals surface area contributed by atoms with Gasteiger partial charge in [-0.3, -0.25) is 9.69 Å². The van der Waals surface area contributed by atoms with E-state index in [9.17, 15) is 4.79 Å². The van der Waals surface area contributed by atoms with Crippen molar-refractivity contribution in [2.24, 2.45) is 5.92 Å². The lowest BCUT2D eigenvalue weighted by atomic mass is 10.2. The Morgan fingerprint density at radius 2 is 2.00 bits per heavy atom. The lowest BCUT2D eigenvalue weighted by Crippen LogP contribution is -2.47. The smallest absolute Gasteiger partial charge is 0.230 e. The van der Waals surface area contributed by atoms with E-state index in [2.05, 4.69) is 32.2 Å². The van der Waals surface area contributed by atoms with Gasteiger partial charge in [0.15, 0.2) is 0 Å². The maximum absolute atomic E-state index is 12.6. The van der Waals surface area contributed by atoms with Crippen molar-refractivity contribution in [3.05, 3.63) is 51.8 Å². The molecule has 8 heteroatoms. The zero-order chi connectivity index (χ0) is 21.2. The average molecular weight is 473 g/mol. The molecule has 162 valence electrons. The summed E-state index contributed by atoms with van der Waals surface area (Å²) >= 11 is 9.06. The summed E-state index contributed by atoms with van der Waals surface area (Å²) in [5.74, 6) is 0.898. The Bertz CT molecular complexity index is 1050. The van der Waals surface area contributed by atoms with E-state index in [4.69, 9.17) is 11.6 Å². The van der Waals surface area contributed by atoms with E-state index in [1.807, 2.05) is 29.6 Å². The largest absolute Gasteiger partial charge is 0.369 e. The summed E-state index contributed by atoms with van der Waals surface area (Å²) in [4.78, 5) is 23.2. The molecule has 2 aliphatic rings. The molecule has 1 amide bonds. The van der Waals surface area contributed by atoms with Gasteiger partial charge >= 0.3 is 0 Å². The third kappa shape index (κ3) is 5.47. The molecule has 1 aromatic carbocycles. The highest BCUT2D eigenvalue weighted by Crippen LogP contribution is 2.33. The molecule has 0 radical (unpaired) electrons. The molecular weight excluding hydrogens is 448 g/mol. The number of thiazole rings is 1. The molecule has 2 fully saturated rings. The van der Waals surface area contributed by atoms with E-state index in [0.717, 1.165) is 57.7 Å². The molecule has 31 heavy (non-hydrogen) atoms. The van der Waals surface area contributed by atoms with Crippen LogP contribution >= 0.6 is 34.3 Å². The number of benzene rings is 1. The van der Waals surface area contributed by atoms with Crippen molar-refractivity contribution in [2.45, 2.75) is 19.3 Å². The van der Waals surface area contributed by atoms with Gasteiger partial charge in [-0.25, -0.2) is 4.98 Å². The van der Waals surface area contributed by atoms with Crippen LogP contribution in [-0.2, 0) is 11.2 Å². The van der Waals surface area contributed by atoms with Crippen molar-refractivity contribution in [3.8, 4) is 9.88 Å². The van der Waals surface area contributed by atoms with Crippen molar-refractivity contribution in [3.63, 3.8) is 0 Å². The number of halogens is 1. The van der Waals surface area contributed by atoms with E-state index in [0.29, 0.717) is 0 Å². The Morgan fingerprint density at radius 1 is 1.16 bits per heavy atom. The second-order valence-electron chi connectivity index (χ2n) is 8.25. The molecule has 1 aliphatic heterocycles. The summed E-state index contributed by atoms with van der Waals surface area (Å²) in [6.07, 6.45) is 3.08. The molecule has 3 aromatic rings. The van der Waals surface area contributed by atoms with E-state index in [1.54, 1.807) is 11.3 Å². The van der Waals surface area contributed by atoms with Crippen molar-refractivity contribution in [1.29, 1.82) is 0 Å². The molecule has 1 N–H and O–H groups in total.